The van der Waals surface area contributed by atoms with Gasteiger partial charge in [-0.05, 0) is 48.0 Å². The van der Waals surface area contributed by atoms with Crippen molar-refractivity contribution in [3.8, 4) is 23.0 Å². The molecule has 1 atom stereocenters. The molecular weight excluding hydrogens is 517 g/mol. The Labute approximate surface area is 233 Å². The van der Waals surface area contributed by atoms with Gasteiger partial charge in [0.05, 0.1) is 14.2 Å². The standard InChI is InChI=1S/C31H34FNO7/c1-36-25-6-3-21(4-7-25)19-38-26-8-9-27(30(35)37-2)29(16-26)39-20-24(34)18-33-13-11-31(12-14-33)17-22-15-23(32)5-10-28(22)40-31/h3-10,15-16,24,34H,11-14,17-20H2,1-2H3/t24-/m1/s1. The molecular formula is C31H34FNO7. The molecule has 0 radical (unpaired) electrons. The summed E-state index contributed by atoms with van der Waals surface area (Å²) < 4.78 is 41.7. The topological polar surface area (TPSA) is 86.7 Å². The number of methoxy groups -OCH3 is 2. The molecule has 0 aliphatic carbocycles. The van der Waals surface area contributed by atoms with E-state index < -0.39 is 12.1 Å². The van der Waals surface area contributed by atoms with Gasteiger partial charge in [0.25, 0.3) is 0 Å². The number of nitrogens with zero attached hydrogens (tertiary/aromatic N) is 1. The summed E-state index contributed by atoms with van der Waals surface area (Å²) in [6.07, 6.45) is 1.50. The zero-order valence-electron chi connectivity index (χ0n) is 22.7. The Morgan fingerprint density at radius 2 is 1.77 bits per heavy atom. The van der Waals surface area contributed by atoms with E-state index in [1.165, 1.54) is 13.2 Å². The number of benzene rings is 3. The molecule has 9 heteroatoms. The first kappa shape index (κ1) is 27.7. The van der Waals surface area contributed by atoms with Gasteiger partial charge < -0.3 is 33.7 Å². The van der Waals surface area contributed by atoms with Crippen molar-refractivity contribution in [1.82, 2.24) is 4.90 Å². The van der Waals surface area contributed by atoms with Gasteiger partial charge in [0.1, 0.15) is 59.3 Å². The zero-order chi connectivity index (χ0) is 28.1. The van der Waals surface area contributed by atoms with Crippen LogP contribution in [0.5, 0.6) is 23.0 Å². The van der Waals surface area contributed by atoms with Crippen LogP contribution in [0.4, 0.5) is 4.39 Å². The Morgan fingerprint density at radius 3 is 2.50 bits per heavy atom. The van der Waals surface area contributed by atoms with Crippen molar-refractivity contribution in [3.63, 3.8) is 0 Å². The molecule has 1 spiro atoms. The number of ether oxygens (including phenoxy) is 5. The van der Waals surface area contributed by atoms with E-state index in [4.69, 9.17) is 23.7 Å². The van der Waals surface area contributed by atoms with E-state index >= 15 is 0 Å². The van der Waals surface area contributed by atoms with Crippen LogP contribution < -0.4 is 18.9 Å². The molecule has 3 aromatic rings. The third kappa shape index (κ3) is 6.48. The van der Waals surface area contributed by atoms with Gasteiger partial charge in [0.2, 0.25) is 0 Å². The van der Waals surface area contributed by atoms with Crippen LogP contribution in [0.1, 0.15) is 34.3 Å². The van der Waals surface area contributed by atoms with Crippen LogP contribution in [-0.4, -0.2) is 68.1 Å². The lowest BCUT2D eigenvalue weighted by Crippen LogP contribution is -2.49. The summed E-state index contributed by atoms with van der Waals surface area (Å²) in [6, 6.07) is 17.1. The molecule has 2 heterocycles. The van der Waals surface area contributed by atoms with Gasteiger partial charge in [-0.1, -0.05) is 12.1 Å². The zero-order valence-corrected chi connectivity index (χ0v) is 22.7. The quantitative estimate of drug-likeness (QED) is 0.371. The van der Waals surface area contributed by atoms with Gasteiger partial charge >= 0.3 is 5.97 Å². The lowest BCUT2D eigenvalue weighted by molar-refractivity contribution is -0.00205. The fraction of sp³-hybridized carbons (Fsp3) is 0.387. The Bertz CT molecular complexity index is 1320. The molecule has 3 aromatic carbocycles. The number of aliphatic hydroxyl groups excluding tert-OH is 1. The van der Waals surface area contributed by atoms with Crippen molar-refractivity contribution in [2.24, 2.45) is 0 Å². The van der Waals surface area contributed by atoms with E-state index in [1.807, 2.05) is 24.3 Å². The first-order valence-corrected chi connectivity index (χ1v) is 13.4. The van der Waals surface area contributed by atoms with Gasteiger partial charge in [0.15, 0.2) is 0 Å². The number of fused-ring (bicyclic) bond motifs is 1. The minimum Gasteiger partial charge on any atom is -0.497 e. The van der Waals surface area contributed by atoms with Gasteiger partial charge in [-0.15, -0.1) is 0 Å². The van der Waals surface area contributed by atoms with Gasteiger partial charge in [0, 0.05) is 50.5 Å². The van der Waals surface area contributed by atoms with E-state index in [2.05, 4.69) is 4.90 Å². The van der Waals surface area contributed by atoms with Gasteiger partial charge in [-0.25, -0.2) is 9.18 Å². The Morgan fingerprint density at radius 1 is 1.02 bits per heavy atom. The third-order valence-corrected chi connectivity index (χ3v) is 7.45. The summed E-state index contributed by atoms with van der Waals surface area (Å²) in [5.74, 6) is 1.54. The van der Waals surface area contributed by atoms with Crippen molar-refractivity contribution >= 4 is 5.97 Å². The van der Waals surface area contributed by atoms with E-state index in [0.29, 0.717) is 25.3 Å². The smallest absolute Gasteiger partial charge is 0.341 e. The molecule has 40 heavy (non-hydrogen) atoms. The van der Waals surface area contributed by atoms with Gasteiger partial charge in [-0.2, -0.15) is 0 Å². The monoisotopic (exact) mass is 551 g/mol. The molecule has 8 nitrogen and oxygen atoms in total. The van der Waals surface area contributed by atoms with Crippen molar-refractivity contribution in [1.29, 1.82) is 0 Å². The normalized spacial score (nSPS) is 16.6. The molecule has 5 rings (SSSR count). The SMILES string of the molecule is COC(=O)c1ccc(OCc2ccc(OC)cc2)cc1OC[C@H](O)CN1CCC2(CC1)Cc1cc(F)ccc1O2. The summed E-state index contributed by atoms with van der Waals surface area (Å²) in [4.78, 5) is 14.5. The maximum atomic E-state index is 13.6. The number of hydrogen-bond donors (Lipinski definition) is 1. The highest BCUT2D eigenvalue weighted by Gasteiger charge is 2.42. The number of β-amino-alcohol motifs (C(OH)–C–C–N with tert-alkyl or cyclic N) is 1. The molecule has 1 saturated heterocycles. The molecule has 2 aliphatic heterocycles. The van der Waals surface area contributed by atoms with Crippen LogP contribution in [0, 0.1) is 5.82 Å². The Hall–Kier alpha value is -3.82. The second kappa shape index (κ2) is 12.1. The maximum Gasteiger partial charge on any atom is 0.341 e. The van der Waals surface area contributed by atoms with Crippen molar-refractivity contribution < 1.29 is 38.0 Å². The molecule has 0 saturated carbocycles. The summed E-state index contributed by atoms with van der Waals surface area (Å²) in [7, 11) is 2.92. The lowest BCUT2D eigenvalue weighted by atomic mass is 9.87. The van der Waals surface area contributed by atoms with Crippen LogP contribution in [0.3, 0.4) is 0 Å². The van der Waals surface area contributed by atoms with Gasteiger partial charge in [-0.3, -0.25) is 0 Å². The summed E-state index contributed by atoms with van der Waals surface area (Å²) >= 11 is 0. The lowest BCUT2D eigenvalue weighted by Gasteiger charge is -2.39. The molecule has 1 fully saturated rings. The van der Waals surface area contributed by atoms with E-state index in [-0.39, 0.29) is 29.3 Å². The van der Waals surface area contributed by atoms with E-state index in [9.17, 15) is 14.3 Å². The maximum absolute atomic E-state index is 13.6. The van der Waals surface area contributed by atoms with E-state index in [0.717, 1.165) is 48.6 Å². The van der Waals surface area contributed by atoms with E-state index in [1.54, 1.807) is 37.4 Å². The third-order valence-electron chi connectivity index (χ3n) is 7.45. The number of halogens is 1. The van der Waals surface area contributed by atoms with Crippen LogP contribution >= 0.6 is 0 Å². The molecule has 0 bridgehead atoms. The highest BCUT2D eigenvalue weighted by atomic mass is 19.1. The fourth-order valence-corrected chi connectivity index (χ4v) is 5.24. The number of carbonyl (C=O) groups is 1. The number of esters is 1. The number of rotatable bonds is 10. The molecule has 2 aliphatic rings. The first-order chi connectivity index (χ1) is 19.4. The van der Waals surface area contributed by atoms with Crippen LogP contribution in [0.2, 0.25) is 0 Å². The largest absolute Gasteiger partial charge is 0.497 e. The molecule has 0 unspecified atom stereocenters. The van der Waals surface area contributed by atoms with Crippen LogP contribution in [0.25, 0.3) is 0 Å². The highest BCUT2D eigenvalue weighted by Crippen LogP contribution is 2.41. The number of likely N-dealkylation sites (tertiary alicyclic amines) is 1. The molecule has 0 aromatic heterocycles. The Kier molecular flexibility index (Phi) is 8.42. The molecule has 1 N–H and O–H groups in total. The number of carbonyl (C=O) groups excluding carboxylic acids is 1. The minimum absolute atomic E-state index is 0.00517. The molecule has 212 valence electrons. The van der Waals surface area contributed by atoms with Crippen molar-refractivity contribution in [2.45, 2.75) is 37.6 Å². The number of piperidine rings is 1. The summed E-state index contributed by atoms with van der Waals surface area (Å²) in [5.41, 5.74) is 1.81. The van der Waals surface area contributed by atoms with Crippen molar-refractivity contribution in [2.75, 3.05) is 40.5 Å². The predicted molar refractivity (Wildman–Crippen MR) is 146 cm³/mol. The number of aliphatic hydroxyl groups is 1. The average Bonchev–Trinajstić information content (AvgIpc) is 3.33. The Balaban J connectivity index is 1.14. The highest BCUT2D eigenvalue weighted by molar-refractivity contribution is 5.92. The summed E-state index contributed by atoms with van der Waals surface area (Å²) in [6.45, 7) is 2.22. The van der Waals surface area contributed by atoms with Crippen molar-refractivity contribution in [3.05, 3.63) is 83.2 Å². The summed E-state index contributed by atoms with van der Waals surface area (Å²) in [5, 5.41) is 10.7. The van der Waals surface area contributed by atoms with Crippen LogP contribution in [0.15, 0.2) is 60.7 Å². The second-order valence-electron chi connectivity index (χ2n) is 10.3. The van der Waals surface area contributed by atoms with Crippen LogP contribution in [-0.2, 0) is 17.8 Å². The molecule has 0 amide bonds. The minimum atomic E-state index is -0.779. The average molecular weight is 552 g/mol. The second-order valence-corrected chi connectivity index (χ2v) is 10.3. The predicted octanol–water partition coefficient (Wildman–Crippen LogP) is 4.41. The fourth-order valence-electron chi connectivity index (χ4n) is 5.24. The first-order valence-electron chi connectivity index (χ1n) is 13.4. The number of hydrogen-bond acceptors (Lipinski definition) is 8.